The summed E-state index contributed by atoms with van der Waals surface area (Å²) < 4.78 is 16.9. The molecule has 2 aromatic heterocycles. The fraction of sp³-hybridized carbons (Fsp3) is 0.419. The van der Waals surface area contributed by atoms with Gasteiger partial charge in [-0.05, 0) is 59.5 Å². The van der Waals surface area contributed by atoms with E-state index in [1.54, 1.807) is 6.07 Å². The summed E-state index contributed by atoms with van der Waals surface area (Å²) in [7, 11) is 4.10. The fourth-order valence-electron chi connectivity index (χ4n) is 6.18. The minimum absolute atomic E-state index is 0.0773. The SMILES string of the molecule is C=CC(=O)N1C[C@H](C)N(c2nc(N3CC(N(C)C)C3)nc3c(F)c(-c4c(C)ccc5c(C)[nH]nc45)c(Cl)cc23)C[C@H]1C. The second-order valence-electron chi connectivity index (χ2n) is 11.9. The molecule has 0 bridgehead atoms. The zero-order valence-electron chi connectivity index (χ0n) is 24.9. The molecule has 2 saturated heterocycles. The number of carbonyl (C=O) groups is 1. The quantitative estimate of drug-likeness (QED) is 0.329. The Bertz CT molecular complexity index is 1730. The van der Waals surface area contributed by atoms with E-state index >= 15 is 4.39 Å². The summed E-state index contributed by atoms with van der Waals surface area (Å²) in [6.45, 7) is 14.1. The molecule has 0 radical (unpaired) electrons. The third-order valence-corrected chi connectivity index (χ3v) is 9.12. The Kier molecular flexibility index (Phi) is 7.09. The average Bonchev–Trinajstić information content (AvgIpc) is 3.29. The molecule has 2 aliphatic rings. The predicted octanol–water partition coefficient (Wildman–Crippen LogP) is 4.94. The minimum Gasteiger partial charge on any atom is -0.349 e. The highest BCUT2D eigenvalue weighted by Crippen LogP contribution is 2.43. The van der Waals surface area contributed by atoms with Gasteiger partial charge in [-0.1, -0.05) is 30.3 Å². The number of aromatic amines is 1. The van der Waals surface area contributed by atoms with Crippen LogP contribution in [0.4, 0.5) is 16.2 Å². The van der Waals surface area contributed by atoms with Crippen molar-refractivity contribution in [2.45, 2.75) is 45.8 Å². The molecule has 2 fully saturated rings. The lowest BCUT2D eigenvalue weighted by Crippen LogP contribution is -2.59. The smallest absolute Gasteiger partial charge is 0.246 e. The first kappa shape index (κ1) is 28.4. The van der Waals surface area contributed by atoms with E-state index < -0.39 is 5.82 Å². The Morgan fingerprint density at radius 3 is 2.50 bits per heavy atom. The summed E-state index contributed by atoms with van der Waals surface area (Å²) in [6.07, 6.45) is 1.35. The molecule has 2 atom stereocenters. The number of hydrogen-bond acceptors (Lipinski definition) is 7. The average molecular weight is 591 g/mol. The number of hydrogen-bond donors (Lipinski definition) is 1. The number of aromatic nitrogens is 4. The summed E-state index contributed by atoms with van der Waals surface area (Å²) >= 11 is 6.94. The van der Waals surface area contributed by atoms with E-state index in [2.05, 4.69) is 45.6 Å². The lowest BCUT2D eigenvalue weighted by molar-refractivity contribution is -0.128. The Balaban J connectivity index is 1.55. The van der Waals surface area contributed by atoms with Crippen LogP contribution in [-0.4, -0.2) is 94.3 Å². The van der Waals surface area contributed by atoms with Crippen molar-refractivity contribution in [1.82, 2.24) is 30.0 Å². The molecule has 4 heterocycles. The van der Waals surface area contributed by atoms with E-state index in [4.69, 9.17) is 21.6 Å². The van der Waals surface area contributed by atoms with E-state index in [1.807, 2.05) is 44.7 Å². The van der Waals surface area contributed by atoms with Crippen molar-refractivity contribution < 1.29 is 9.18 Å². The van der Waals surface area contributed by atoms with Crippen LogP contribution >= 0.6 is 11.6 Å². The van der Waals surface area contributed by atoms with Crippen LogP contribution in [0.5, 0.6) is 0 Å². The number of fused-ring (bicyclic) bond motifs is 2. The van der Waals surface area contributed by atoms with Crippen LogP contribution in [0.3, 0.4) is 0 Å². The summed E-state index contributed by atoms with van der Waals surface area (Å²) in [5.74, 6) is 0.503. The van der Waals surface area contributed by atoms with Gasteiger partial charge in [0.15, 0.2) is 5.82 Å². The van der Waals surface area contributed by atoms with Crippen molar-refractivity contribution >= 4 is 51.1 Å². The Labute approximate surface area is 249 Å². The maximum absolute atomic E-state index is 16.9. The van der Waals surface area contributed by atoms with Crippen molar-refractivity contribution in [3.05, 3.63) is 53.0 Å². The van der Waals surface area contributed by atoms with E-state index in [9.17, 15) is 4.79 Å². The zero-order chi connectivity index (χ0) is 30.0. The number of anilines is 2. The second-order valence-corrected chi connectivity index (χ2v) is 12.3. The summed E-state index contributed by atoms with van der Waals surface area (Å²) in [4.78, 5) is 30.6. The van der Waals surface area contributed by atoms with Crippen molar-refractivity contribution in [1.29, 1.82) is 0 Å². The van der Waals surface area contributed by atoms with Crippen molar-refractivity contribution in [2.24, 2.45) is 0 Å². The fourth-order valence-corrected chi connectivity index (χ4v) is 6.46. The molecule has 0 aliphatic carbocycles. The van der Waals surface area contributed by atoms with Crippen LogP contribution in [-0.2, 0) is 4.79 Å². The van der Waals surface area contributed by atoms with Crippen LogP contribution < -0.4 is 9.80 Å². The van der Waals surface area contributed by atoms with Crippen LogP contribution in [0.1, 0.15) is 25.1 Å². The third-order valence-electron chi connectivity index (χ3n) is 8.82. The van der Waals surface area contributed by atoms with Crippen molar-refractivity contribution in [3.63, 3.8) is 0 Å². The molecule has 1 amide bonds. The summed E-state index contributed by atoms with van der Waals surface area (Å²) in [5, 5.41) is 9.26. The molecule has 0 spiro atoms. The molecular formula is C31H36ClFN8O. The maximum atomic E-state index is 16.9. The van der Waals surface area contributed by atoms with Crippen LogP contribution in [0.2, 0.25) is 5.02 Å². The monoisotopic (exact) mass is 590 g/mol. The van der Waals surface area contributed by atoms with Gasteiger partial charge in [0.1, 0.15) is 16.9 Å². The van der Waals surface area contributed by atoms with Gasteiger partial charge in [0, 0.05) is 71.9 Å². The standard InChI is InChI=1S/C31H36ClFN8O/c1-8-24(42)40-12-18(4)41(13-17(40)3)30-22-11-23(32)26(25-16(2)9-10-21-19(5)36-37-28(21)25)27(33)29(22)34-31(35-30)39-14-20(15-39)38(6)7/h8-11,17-18,20H,1,12-15H2,2-7H3,(H,36,37)/t17-,18+/m1/s1. The highest BCUT2D eigenvalue weighted by molar-refractivity contribution is 6.35. The number of carbonyl (C=O) groups excluding carboxylic acids is 1. The second kappa shape index (κ2) is 10.5. The summed E-state index contributed by atoms with van der Waals surface area (Å²) in [6, 6.07) is 5.93. The van der Waals surface area contributed by atoms with Gasteiger partial charge in [-0.15, -0.1) is 0 Å². The topological polar surface area (TPSA) is 84.5 Å². The molecule has 0 unspecified atom stereocenters. The van der Waals surface area contributed by atoms with Gasteiger partial charge in [-0.25, -0.2) is 9.37 Å². The van der Waals surface area contributed by atoms with Crippen molar-refractivity contribution in [3.8, 4) is 11.1 Å². The molecule has 2 aromatic carbocycles. The highest BCUT2D eigenvalue weighted by atomic mass is 35.5. The van der Waals surface area contributed by atoms with E-state index in [-0.39, 0.29) is 34.1 Å². The molecule has 2 aliphatic heterocycles. The number of halogens is 2. The number of nitrogens with zero attached hydrogens (tertiary/aromatic N) is 7. The van der Waals surface area contributed by atoms with E-state index in [1.165, 1.54) is 6.08 Å². The molecule has 11 heteroatoms. The number of rotatable bonds is 5. The van der Waals surface area contributed by atoms with Crippen LogP contribution in [0.15, 0.2) is 30.9 Å². The Morgan fingerprint density at radius 1 is 1.07 bits per heavy atom. The number of amides is 1. The maximum Gasteiger partial charge on any atom is 0.246 e. The molecule has 42 heavy (non-hydrogen) atoms. The number of nitrogens with one attached hydrogen (secondary N) is 1. The first-order chi connectivity index (χ1) is 20.0. The minimum atomic E-state index is -0.496. The number of piperazine rings is 1. The molecule has 0 saturated carbocycles. The van der Waals surface area contributed by atoms with Crippen LogP contribution in [0.25, 0.3) is 32.9 Å². The Hall–Kier alpha value is -3.76. The molecule has 220 valence electrons. The van der Waals surface area contributed by atoms with Gasteiger partial charge in [-0.3, -0.25) is 9.89 Å². The van der Waals surface area contributed by atoms with Gasteiger partial charge in [-0.2, -0.15) is 10.1 Å². The van der Waals surface area contributed by atoms with E-state index in [0.29, 0.717) is 47.4 Å². The Morgan fingerprint density at radius 2 is 1.81 bits per heavy atom. The first-order valence-electron chi connectivity index (χ1n) is 14.3. The van der Waals surface area contributed by atoms with Gasteiger partial charge < -0.3 is 19.6 Å². The largest absolute Gasteiger partial charge is 0.349 e. The molecule has 9 nitrogen and oxygen atoms in total. The number of benzene rings is 2. The number of aryl methyl sites for hydroxylation is 2. The normalized spacial score (nSPS) is 19.7. The first-order valence-corrected chi connectivity index (χ1v) is 14.6. The molecule has 4 aromatic rings. The van der Waals surface area contributed by atoms with Crippen LogP contribution in [0, 0.1) is 19.7 Å². The summed E-state index contributed by atoms with van der Waals surface area (Å²) in [5.41, 5.74) is 3.59. The predicted molar refractivity (Wildman–Crippen MR) is 167 cm³/mol. The zero-order valence-corrected chi connectivity index (χ0v) is 25.6. The highest BCUT2D eigenvalue weighted by Gasteiger charge is 2.36. The van der Waals surface area contributed by atoms with Gasteiger partial charge in [0.25, 0.3) is 0 Å². The lowest BCUT2D eigenvalue weighted by atomic mass is 9.95. The number of likely N-dealkylation sites (N-methyl/N-ethyl adjacent to an activating group) is 1. The molecular weight excluding hydrogens is 555 g/mol. The van der Waals surface area contributed by atoms with Gasteiger partial charge in [0.2, 0.25) is 11.9 Å². The van der Waals surface area contributed by atoms with Crippen molar-refractivity contribution in [2.75, 3.05) is 50.1 Å². The number of H-pyrrole nitrogens is 1. The lowest BCUT2D eigenvalue weighted by Gasteiger charge is -2.45. The van der Waals surface area contributed by atoms with Gasteiger partial charge >= 0.3 is 0 Å². The van der Waals surface area contributed by atoms with E-state index in [0.717, 1.165) is 29.7 Å². The molecule has 1 N–H and O–H groups in total. The third kappa shape index (κ3) is 4.48. The van der Waals surface area contributed by atoms with Gasteiger partial charge in [0.05, 0.1) is 5.02 Å². The molecule has 6 rings (SSSR count).